The third-order valence-electron chi connectivity index (χ3n) is 0.983. The van der Waals surface area contributed by atoms with E-state index >= 15 is 0 Å². The lowest BCUT2D eigenvalue weighted by atomic mass is 10.2. The van der Waals surface area contributed by atoms with Crippen LogP contribution in [0.4, 0.5) is 0 Å². The van der Waals surface area contributed by atoms with Gasteiger partial charge in [-0.05, 0) is 19.8 Å². The molecular weight excluding hydrogens is 156 g/mol. The summed E-state index contributed by atoms with van der Waals surface area (Å²) in [7, 11) is 0. The zero-order valence-electron chi connectivity index (χ0n) is 10.1. The average molecular weight is 182 g/mol. The standard InChI is InChI=1S/C5H12.C4H8.C4H6/c1-4-5(2)3;1-4(2)3;1-3-4-2/h5H,4H2,1-3H3;1H2,2-3H3;3-4H,1-2H2. The molecule has 0 heteroatoms. The van der Waals surface area contributed by atoms with Crippen LogP contribution in [0.2, 0.25) is 0 Å². The van der Waals surface area contributed by atoms with Crippen molar-refractivity contribution in [1.82, 2.24) is 0 Å². The number of rotatable bonds is 2. The van der Waals surface area contributed by atoms with Crippen LogP contribution >= 0.6 is 0 Å². The van der Waals surface area contributed by atoms with Crippen LogP contribution in [0.1, 0.15) is 41.0 Å². The zero-order chi connectivity index (χ0) is 11.3. The van der Waals surface area contributed by atoms with Crippen molar-refractivity contribution in [2.45, 2.75) is 41.0 Å². The fourth-order valence-corrected chi connectivity index (χ4v) is 0. The van der Waals surface area contributed by atoms with Crippen LogP contribution in [0.5, 0.6) is 0 Å². The molecule has 0 nitrogen and oxygen atoms in total. The Morgan fingerprint density at radius 1 is 1.15 bits per heavy atom. The van der Waals surface area contributed by atoms with E-state index in [0.29, 0.717) is 0 Å². The first kappa shape index (κ1) is 18.1. The first-order valence-electron chi connectivity index (χ1n) is 4.77. The van der Waals surface area contributed by atoms with Gasteiger partial charge in [-0.15, -0.1) is 6.58 Å². The molecule has 78 valence electrons. The van der Waals surface area contributed by atoms with E-state index in [0.717, 1.165) is 5.92 Å². The maximum Gasteiger partial charge on any atom is -0.0445 e. The molecule has 0 aliphatic heterocycles. The molecule has 0 aromatic carbocycles. The normalized spacial score (nSPS) is 7.23. The highest BCUT2D eigenvalue weighted by molar-refractivity contribution is 4.88. The first-order chi connectivity index (χ1) is 5.92. The van der Waals surface area contributed by atoms with Gasteiger partial charge in [-0.25, -0.2) is 0 Å². The molecule has 0 spiro atoms. The molecule has 0 aliphatic carbocycles. The lowest BCUT2D eigenvalue weighted by Crippen LogP contribution is -1.77. The Morgan fingerprint density at radius 3 is 1.31 bits per heavy atom. The Bertz CT molecular complexity index is 108. The van der Waals surface area contributed by atoms with Gasteiger partial charge in [0.1, 0.15) is 0 Å². The molecule has 0 N–H and O–H groups in total. The Balaban J connectivity index is -0.000000117. The second-order valence-corrected chi connectivity index (χ2v) is 3.48. The Kier molecular flexibility index (Phi) is 24.1. The highest BCUT2D eigenvalue weighted by Gasteiger charge is 1.80. The minimum absolute atomic E-state index is 0.884. The summed E-state index contributed by atoms with van der Waals surface area (Å²) in [5.41, 5.74) is 1.17. The molecule has 0 rings (SSSR count). The second-order valence-electron chi connectivity index (χ2n) is 3.48. The smallest absolute Gasteiger partial charge is 0.0445 e. The Morgan fingerprint density at radius 2 is 1.31 bits per heavy atom. The molecule has 0 heterocycles. The molecule has 0 bridgehead atoms. The van der Waals surface area contributed by atoms with Gasteiger partial charge in [0.2, 0.25) is 0 Å². The molecule has 0 amide bonds. The quantitative estimate of drug-likeness (QED) is 0.417. The van der Waals surface area contributed by atoms with Crippen molar-refractivity contribution < 1.29 is 0 Å². The van der Waals surface area contributed by atoms with Crippen molar-refractivity contribution in [3.8, 4) is 0 Å². The van der Waals surface area contributed by atoms with Gasteiger partial charge >= 0.3 is 0 Å². The van der Waals surface area contributed by atoms with E-state index in [4.69, 9.17) is 0 Å². The van der Waals surface area contributed by atoms with E-state index in [-0.39, 0.29) is 0 Å². The van der Waals surface area contributed by atoms with Crippen LogP contribution in [0.3, 0.4) is 0 Å². The summed E-state index contributed by atoms with van der Waals surface area (Å²) in [6, 6.07) is 0. The Hall–Kier alpha value is -0.780. The average Bonchev–Trinajstić information content (AvgIpc) is 2.04. The minimum Gasteiger partial charge on any atom is -0.100 e. The van der Waals surface area contributed by atoms with E-state index in [9.17, 15) is 0 Å². The topological polar surface area (TPSA) is 0 Å². The van der Waals surface area contributed by atoms with E-state index in [1.54, 1.807) is 12.2 Å². The highest BCUT2D eigenvalue weighted by atomic mass is 13.9. The highest BCUT2D eigenvalue weighted by Crippen LogP contribution is 1.93. The molecule has 0 unspecified atom stereocenters. The molecule has 0 aliphatic rings. The number of hydrogen-bond acceptors (Lipinski definition) is 0. The molecule has 0 aromatic rings. The molecule has 0 saturated heterocycles. The summed E-state index contributed by atoms with van der Waals surface area (Å²) in [4.78, 5) is 0. The van der Waals surface area contributed by atoms with Gasteiger partial charge in [0.15, 0.2) is 0 Å². The van der Waals surface area contributed by atoms with Gasteiger partial charge in [0, 0.05) is 0 Å². The van der Waals surface area contributed by atoms with Gasteiger partial charge in [0.05, 0.1) is 0 Å². The van der Waals surface area contributed by atoms with E-state index < -0.39 is 0 Å². The van der Waals surface area contributed by atoms with Crippen molar-refractivity contribution in [3.63, 3.8) is 0 Å². The van der Waals surface area contributed by atoms with E-state index in [1.165, 1.54) is 12.0 Å². The minimum atomic E-state index is 0.884. The van der Waals surface area contributed by atoms with Crippen molar-refractivity contribution in [3.05, 3.63) is 37.5 Å². The van der Waals surface area contributed by atoms with Gasteiger partial charge in [-0.2, -0.15) is 0 Å². The number of allylic oxidation sites excluding steroid dienone is 3. The molecule has 13 heavy (non-hydrogen) atoms. The van der Waals surface area contributed by atoms with Crippen LogP contribution < -0.4 is 0 Å². The van der Waals surface area contributed by atoms with Gasteiger partial charge in [0.25, 0.3) is 0 Å². The summed E-state index contributed by atoms with van der Waals surface area (Å²) >= 11 is 0. The molecule has 0 radical (unpaired) electrons. The fourth-order valence-electron chi connectivity index (χ4n) is 0. The third kappa shape index (κ3) is 194. The number of hydrogen-bond donors (Lipinski definition) is 0. The second kappa shape index (κ2) is 17.3. The maximum atomic E-state index is 3.56. The molecule has 0 atom stereocenters. The van der Waals surface area contributed by atoms with Crippen LogP contribution in [-0.4, -0.2) is 0 Å². The predicted molar refractivity (Wildman–Crippen MR) is 66.0 cm³/mol. The van der Waals surface area contributed by atoms with Crippen molar-refractivity contribution in [2.24, 2.45) is 5.92 Å². The summed E-state index contributed by atoms with van der Waals surface area (Å²) in [5.74, 6) is 0.884. The summed E-state index contributed by atoms with van der Waals surface area (Å²) < 4.78 is 0. The van der Waals surface area contributed by atoms with Gasteiger partial charge < -0.3 is 0 Å². The first-order valence-corrected chi connectivity index (χ1v) is 4.77. The predicted octanol–water partition coefficient (Wildman–Crippen LogP) is 4.99. The summed E-state index contributed by atoms with van der Waals surface area (Å²) in [6.07, 6.45) is 4.58. The van der Waals surface area contributed by atoms with Crippen LogP contribution in [-0.2, 0) is 0 Å². The van der Waals surface area contributed by atoms with Crippen LogP contribution in [0.15, 0.2) is 37.5 Å². The van der Waals surface area contributed by atoms with Crippen LogP contribution in [0, 0.1) is 5.92 Å². The lowest BCUT2D eigenvalue weighted by Gasteiger charge is -1.90. The van der Waals surface area contributed by atoms with Gasteiger partial charge in [-0.1, -0.05) is 58.1 Å². The van der Waals surface area contributed by atoms with E-state index in [2.05, 4.69) is 40.5 Å². The van der Waals surface area contributed by atoms with Crippen molar-refractivity contribution in [1.29, 1.82) is 0 Å². The summed E-state index contributed by atoms with van der Waals surface area (Å²) in [6.45, 7) is 20.9. The zero-order valence-corrected chi connectivity index (χ0v) is 10.1. The monoisotopic (exact) mass is 182 g/mol. The van der Waals surface area contributed by atoms with Crippen LogP contribution in [0.25, 0.3) is 0 Å². The van der Waals surface area contributed by atoms with Crippen molar-refractivity contribution in [2.75, 3.05) is 0 Å². The third-order valence-corrected chi connectivity index (χ3v) is 0.983. The SMILES string of the molecule is C=C(C)C.C=CC=C.CCC(C)C. The lowest BCUT2D eigenvalue weighted by molar-refractivity contribution is 0.626. The largest absolute Gasteiger partial charge is 0.100 e. The Labute approximate surface area is 85.1 Å². The summed E-state index contributed by atoms with van der Waals surface area (Å²) in [5, 5.41) is 0. The van der Waals surface area contributed by atoms with Gasteiger partial charge in [-0.3, -0.25) is 0 Å². The molecule has 0 aromatic heterocycles. The fraction of sp³-hybridized carbons (Fsp3) is 0.538. The van der Waals surface area contributed by atoms with E-state index in [1.807, 2.05) is 13.8 Å². The molecular formula is C13H26. The molecule has 0 fully saturated rings. The molecule has 0 saturated carbocycles. The maximum absolute atomic E-state index is 3.56. The van der Waals surface area contributed by atoms with Crippen molar-refractivity contribution >= 4 is 0 Å².